The molecule has 0 bridgehead atoms. The van der Waals surface area contributed by atoms with Crippen LogP contribution in [0.25, 0.3) is 10.8 Å². The number of aryl methyl sites for hydroxylation is 1. The maximum absolute atomic E-state index is 13.1. The first kappa shape index (κ1) is 18.0. The number of hydrogen-bond acceptors (Lipinski definition) is 3. The average molecular weight is 374 g/mol. The number of hydrogen-bond donors (Lipinski definition) is 1. The highest BCUT2D eigenvalue weighted by Gasteiger charge is 2.48. The maximum Gasteiger partial charge on any atom is 0.325 e. The van der Waals surface area contributed by atoms with Crippen LogP contribution in [0, 0.1) is 6.92 Å². The summed E-state index contributed by atoms with van der Waals surface area (Å²) in [5.41, 5.74) is 0.705. The minimum atomic E-state index is -1.08. The number of urea groups is 1. The van der Waals surface area contributed by atoms with Crippen LogP contribution >= 0.6 is 0 Å². The van der Waals surface area contributed by atoms with Gasteiger partial charge in [-0.3, -0.25) is 9.69 Å². The molecule has 0 aliphatic carbocycles. The second-order valence-corrected chi connectivity index (χ2v) is 7.19. The van der Waals surface area contributed by atoms with Gasteiger partial charge in [-0.2, -0.15) is 0 Å². The van der Waals surface area contributed by atoms with Crippen molar-refractivity contribution in [1.82, 2.24) is 10.2 Å². The molecule has 0 radical (unpaired) electrons. The third-order valence-corrected chi connectivity index (χ3v) is 5.27. The Morgan fingerprint density at radius 3 is 2.46 bits per heavy atom. The molecule has 1 heterocycles. The number of imide groups is 1. The van der Waals surface area contributed by atoms with E-state index in [9.17, 15) is 9.59 Å². The molecule has 1 saturated heterocycles. The lowest BCUT2D eigenvalue weighted by Gasteiger charge is -2.23. The summed E-state index contributed by atoms with van der Waals surface area (Å²) in [7, 11) is 0. The van der Waals surface area contributed by atoms with Crippen LogP contribution in [0.4, 0.5) is 4.79 Å². The van der Waals surface area contributed by atoms with E-state index in [0.717, 1.165) is 27.6 Å². The number of ether oxygens (including phenoxy) is 1. The molecule has 1 aliphatic heterocycles. The van der Waals surface area contributed by atoms with Gasteiger partial charge in [-0.15, -0.1) is 0 Å². The molecule has 5 heteroatoms. The van der Waals surface area contributed by atoms with Gasteiger partial charge in [0.25, 0.3) is 5.91 Å². The molecular formula is C23H22N2O3. The molecule has 0 aromatic heterocycles. The Morgan fingerprint density at radius 2 is 1.68 bits per heavy atom. The average Bonchev–Trinajstić information content (AvgIpc) is 2.93. The van der Waals surface area contributed by atoms with Crippen LogP contribution in [0.5, 0.6) is 5.75 Å². The molecule has 3 aromatic carbocycles. The van der Waals surface area contributed by atoms with Crippen molar-refractivity contribution < 1.29 is 14.3 Å². The Labute approximate surface area is 163 Å². The van der Waals surface area contributed by atoms with Crippen LogP contribution in [0.1, 0.15) is 18.1 Å². The van der Waals surface area contributed by atoms with E-state index >= 15 is 0 Å². The van der Waals surface area contributed by atoms with Crippen molar-refractivity contribution in [1.29, 1.82) is 0 Å². The largest absolute Gasteiger partial charge is 0.491 e. The Kier molecular flexibility index (Phi) is 4.51. The lowest BCUT2D eigenvalue weighted by molar-refractivity contribution is -0.131. The van der Waals surface area contributed by atoms with E-state index in [-0.39, 0.29) is 19.1 Å². The third kappa shape index (κ3) is 3.09. The fourth-order valence-corrected chi connectivity index (χ4v) is 3.56. The van der Waals surface area contributed by atoms with E-state index in [1.807, 2.05) is 73.7 Å². The number of rotatable bonds is 5. The molecule has 0 spiro atoms. The molecule has 0 saturated carbocycles. The van der Waals surface area contributed by atoms with E-state index in [2.05, 4.69) is 5.32 Å². The SMILES string of the molecule is Cc1ccccc1OCCN1C(=O)N[C@](C)(c2ccc3ccccc3c2)C1=O. The first-order chi connectivity index (χ1) is 13.5. The van der Waals surface area contributed by atoms with Crippen molar-refractivity contribution in [2.75, 3.05) is 13.2 Å². The monoisotopic (exact) mass is 374 g/mol. The molecule has 1 atom stereocenters. The van der Waals surface area contributed by atoms with E-state index in [4.69, 9.17) is 4.74 Å². The van der Waals surface area contributed by atoms with E-state index in [1.54, 1.807) is 6.92 Å². The summed E-state index contributed by atoms with van der Waals surface area (Å²) in [5, 5.41) is 4.98. The smallest absolute Gasteiger partial charge is 0.325 e. The molecule has 1 N–H and O–H groups in total. The second-order valence-electron chi connectivity index (χ2n) is 7.19. The number of carbonyl (C=O) groups is 2. The number of amides is 3. The van der Waals surface area contributed by atoms with Gasteiger partial charge in [0.05, 0.1) is 6.54 Å². The summed E-state index contributed by atoms with van der Waals surface area (Å²) in [4.78, 5) is 26.8. The Balaban J connectivity index is 1.51. The highest BCUT2D eigenvalue weighted by molar-refractivity contribution is 6.07. The molecular weight excluding hydrogens is 352 g/mol. The Hall–Kier alpha value is -3.34. The van der Waals surface area contributed by atoms with Gasteiger partial charge in [0.2, 0.25) is 0 Å². The van der Waals surface area contributed by atoms with E-state index < -0.39 is 11.6 Å². The summed E-state index contributed by atoms with van der Waals surface area (Å²) in [5.74, 6) is 0.494. The molecule has 1 aliphatic rings. The molecule has 3 aromatic rings. The zero-order valence-electron chi connectivity index (χ0n) is 15.9. The number of carbonyl (C=O) groups excluding carboxylic acids is 2. The number of nitrogens with one attached hydrogen (secondary N) is 1. The van der Waals surface area contributed by atoms with Gasteiger partial charge in [0.1, 0.15) is 17.9 Å². The summed E-state index contributed by atoms with van der Waals surface area (Å²) >= 11 is 0. The summed E-state index contributed by atoms with van der Waals surface area (Å²) in [6.45, 7) is 4.15. The lowest BCUT2D eigenvalue weighted by atomic mass is 9.90. The topological polar surface area (TPSA) is 58.6 Å². The van der Waals surface area contributed by atoms with Gasteiger partial charge in [0, 0.05) is 0 Å². The predicted molar refractivity (Wildman–Crippen MR) is 108 cm³/mol. The van der Waals surface area contributed by atoms with Crippen LogP contribution in [0.15, 0.2) is 66.7 Å². The Bertz CT molecular complexity index is 1060. The quantitative estimate of drug-likeness (QED) is 0.687. The van der Waals surface area contributed by atoms with Gasteiger partial charge in [-0.25, -0.2) is 4.79 Å². The Morgan fingerprint density at radius 1 is 0.964 bits per heavy atom. The standard InChI is InChI=1S/C23H22N2O3/c1-16-7-3-6-10-20(16)28-14-13-25-21(26)23(2,24-22(25)27)19-12-11-17-8-4-5-9-18(17)15-19/h3-12,15H,13-14H2,1-2H3,(H,24,27)/t23-/m1/s1. The fraction of sp³-hybridized carbons (Fsp3) is 0.217. The van der Waals surface area contributed by atoms with Gasteiger partial charge in [-0.1, -0.05) is 54.6 Å². The maximum atomic E-state index is 13.1. The van der Waals surface area contributed by atoms with Crippen molar-refractivity contribution in [2.45, 2.75) is 19.4 Å². The third-order valence-electron chi connectivity index (χ3n) is 5.27. The van der Waals surface area contributed by atoms with Crippen molar-refractivity contribution in [3.05, 3.63) is 77.9 Å². The van der Waals surface area contributed by atoms with Gasteiger partial charge >= 0.3 is 6.03 Å². The highest BCUT2D eigenvalue weighted by Crippen LogP contribution is 2.31. The first-order valence-corrected chi connectivity index (χ1v) is 9.31. The zero-order valence-corrected chi connectivity index (χ0v) is 15.9. The van der Waals surface area contributed by atoms with Gasteiger partial charge < -0.3 is 10.1 Å². The molecule has 4 rings (SSSR count). The summed E-state index contributed by atoms with van der Waals surface area (Å²) < 4.78 is 5.75. The molecule has 1 fully saturated rings. The van der Waals surface area contributed by atoms with Crippen LogP contribution in [-0.2, 0) is 10.3 Å². The molecule has 28 heavy (non-hydrogen) atoms. The number of fused-ring (bicyclic) bond motifs is 1. The van der Waals surface area contributed by atoms with Crippen molar-refractivity contribution in [3.8, 4) is 5.75 Å². The van der Waals surface area contributed by atoms with E-state index in [0.29, 0.717) is 0 Å². The number of nitrogens with zero attached hydrogens (tertiary/aromatic N) is 1. The minimum absolute atomic E-state index is 0.197. The molecule has 5 nitrogen and oxygen atoms in total. The van der Waals surface area contributed by atoms with Crippen LogP contribution < -0.4 is 10.1 Å². The summed E-state index contributed by atoms with van der Waals surface area (Å²) in [6, 6.07) is 21.0. The van der Waals surface area contributed by atoms with E-state index in [1.165, 1.54) is 4.90 Å². The fourth-order valence-electron chi connectivity index (χ4n) is 3.56. The predicted octanol–water partition coefficient (Wildman–Crippen LogP) is 3.99. The molecule has 142 valence electrons. The number of benzene rings is 3. The van der Waals surface area contributed by atoms with Crippen LogP contribution in [0.3, 0.4) is 0 Å². The van der Waals surface area contributed by atoms with Crippen molar-refractivity contribution in [3.63, 3.8) is 0 Å². The first-order valence-electron chi connectivity index (χ1n) is 9.31. The van der Waals surface area contributed by atoms with Crippen molar-refractivity contribution >= 4 is 22.7 Å². The van der Waals surface area contributed by atoms with Crippen LogP contribution in [-0.4, -0.2) is 30.0 Å². The highest BCUT2D eigenvalue weighted by atomic mass is 16.5. The zero-order chi connectivity index (χ0) is 19.7. The van der Waals surface area contributed by atoms with Crippen molar-refractivity contribution in [2.24, 2.45) is 0 Å². The summed E-state index contributed by atoms with van der Waals surface area (Å²) in [6.07, 6.45) is 0. The van der Waals surface area contributed by atoms with Gasteiger partial charge in [0.15, 0.2) is 0 Å². The molecule has 3 amide bonds. The number of para-hydroxylation sites is 1. The lowest BCUT2D eigenvalue weighted by Crippen LogP contribution is -2.41. The minimum Gasteiger partial charge on any atom is -0.491 e. The second kappa shape index (κ2) is 7.00. The van der Waals surface area contributed by atoms with Crippen LogP contribution in [0.2, 0.25) is 0 Å². The molecule has 0 unspecified atom stereocenters. The normalized spacial score (nSPS) is 19.1. The van der Waals surface area contributed by atoms with Gasteiger partial charge in [-0.05, 0) is 47.9 Å².